The summed E-state index contributed by atoms with van der Waals surface area (Å²) in [5.74, 6) is 0.360. The molecule has 0 amide bonds. The average Bonchev–Trinajstić information content (AvgIpc) is 3.13. The third-order valence-corrected chi connectivity index (χ3v) is 6.15. The first-order chi connectivity index (χ1) is 14.7. The van der Waals surface area contributed by atoms with Crippen LogP contribution in [0.5, 0.6) is 0 Å². The van der Waals surface area contributed by atoms with Gasteiger partial charge in [0, 0.05) is 25.2 Å². The van der Waals surface area contributed by atoms with E-state index in [1.807, 2.05) is 19.9 Å². The molecule has 7 nitrogen and oxygen atoms in total. The second-order valence-electron chi connectivity index (χ2n) is 8.14. The van der Waals surface area contributed by atoms with Crippen LogP contribution in [0.15, 0.2) is 35.3 Å². The second-order valence-corrected chi connectivity index (χ2v) is 9.17. The SMILES string of the molecule is CCOC(=O)c1sc(C(C)NC(=NC)NCC(C)(C)NC(C)c2ccccc2)nc1C. The lowest BCUT2D eigenvalue weighted by Gasteiger charge is -2.31. The minimum atomic E-state index is -0.321. The van der Waals surface area contributed by atoms with Gasteiger partial charge >= 0.3 is 5.97 Å². The summed E-state index contributed by atoms with van der Waals surface area (Å²) in [5.41, 5.74) is 1.78. The summed E-state index contributed by atoms with van der Waals surface area (Å²) in [6.45, 7) is 13.1. The monoisotopic (exact) mass is 445 g/mol. The van der Waals surface area contributed by atoms with Crippen molar-refractivity contribution >= 4 is 23.3 Å². The van der Waals surface area contributed by atoms with Gasteiger partial charge in [0.15, 0.2) is 5.96 Å². The van der Waals surface area contributed by atoms with E-state index in [0.717, 1.165) is 5.01 Å². The predicted molar refractivity (Wildman–Crippen MR) is 128 cm³/mol. The molecule has 0 saturated heterocycles. The van der Waals surface area contributed by atoms with Gasteiger partial charge in [-0.3, -0.25) is 4.99 Å². The first kappa shape index (κ1) is 24.8. The van der Waals surface area contributed by atoms with Crippen molar-refractivity contribution in [2.24, 2.45) is 4.99 Å². The number of rotatable bonds is 9. The normalized spacial score (nSPS) is 14.1. The number of nitrogens with zero attached hydrogens (tertiary/aromatic N) is 2. The standard InChI is InChI=1S/C23H35N5O2S/c1-8-30-21(29)19-16(3)26-20(31-19)17(4)27-22(24-7)25-14-23(5,6)28-15(2)18-12-10-9-11-13-18/h9-13,15,17,28H,8,14H2,1-7H3,(H2,24,25,27). The molecule has 2 rings (SSSR count). The van der Waals surface area contributed by atoms with Gasteiger partial charge < -0.3 is 20.7 Å². The van der Waals surface area contributed by atoms with Gasteiger partial charge in [0.1, 0.15) is 9.88 Å². The quantitative estimate of drug-likeness (QED) is 0.307. The van der Waals surface area contributed by atoms with Gasteiger partial charge in [0.2, 0.25) is 0 Å². The van der Waals surface area contributed by atoms with Crippen LogP contribution in [0.4, 0.5) is 0 Å². The van der Waals surface area contributed by atoms with Crippen molar-refractivity contribution in [1.82, 2.24) is 20.9 Å². The van der Waals surface area contributed by atoms with Crippen molar-refractivity contribution in [3.63, 3.8) is 0 Å². The number of aliphatic imine (C=N–C) groups is 1. The van der Waals surface area contributed by atoms with E-state index in [2.05, 4.69) is 71.0 Å². The fourth-order valence-corrected chi connectivity index (χ4v) is 4.18. The van der Waals surface area contributed by atoms with Crippen molar-refractivity contribution < 1.29 is 9.53 Å². The summed E-state index contributed by atoms with van der Waals surface area (Å²) in [6, 6.07) is 10.5. The number of carbonyl (C=O) groups is 1. The van der Waals surface area contributed by atoms with Crippen LogP contribution in [-0.2, 0) is 4.74 Å². The molecule has 1 heterocycles. The minimum Gasteiger partial charge on any atom is -0.462 e. The van der Waals surface area contributed by atoms with Crippen molar-refractivity contribution in [1.29, 1.82) is 0 Å². The number of esters is 1. The van der Waals surface area contributed by atoms with Gasteiger partial charge in [-0.15, -0.1) is 11.3 Å². The largest absolute Gasteiger partial charge is 0.462 e. The first-order valence-corrected chi connectivity index (χ1v) is 11.4. The number of nitrogens with one attached hydrogen (secondary N) is 3. The summed E-state index contributed by atoms with van der Waals surface area (Å²) in [7, 11) is 1.74. The molecule has 0 aliphatic heterocycles. The molecular formula is C23H35N5O2S. The number of guanidine groups is 1. The fourth-order valence-electron chi connectivity index (χ4n) is 3.22. The Morgan fingerprint density at radius 2 is 1.90 bits per heavy atom. The van der Waals surface area contributed by atoms with E-state index in [0.29, 0.717) is 29.7 Å². The highest BCUT2D eigenvalue weighted by atomic mass is 32.1. The third kappa shape index (κ3) is 7.33. The molecule has 8 heteroatoms. The molecule has 2 aromatic rings. The van der Waals surface area contributed by atoms with E-state index in [4.69, 9.17) is 4.74 Å². The fraction of sp³-hybridized carbons (Fsp3) is 0.522. The smallest absolute Gasteiger partial charge is 0.350 e. The molecule has 0 aliphatic rings. The molecule has 0 aliphatic carbocycles. The highest BCUT2D eigenvalue weighted by Crippen LogP contribution is 2.24. The average molecular weight is 446 g/mol. The molecule has 31 heavy (non-hydrogen) atoms. The number of benzene rings is 1. The molecule has 0 saturated carbocycles. The second kappa shape index (κ2) is 11.2. The van der Waals surface area contributed by atoms with Crippen LogP contribution >= 0.6 is 11.3 Å². The van der Waals surface area contributed by atoms with E-state index in [1.54, 1.807) is 14.0 Å². The zero-order chi connectivity index (χ0) is 23.0. The summed E-state index contributed by atoms with van der Waals surface area (Å²) < 4.78 is 5.11. The molecule has 1 aromatic carbocycles. The molecule has 2 unspecified atom stereocenters. The Morgan fingerprint density at radius 1 is 1.23 bits per heavy atom. The Bertz CT molecular complexity index is 879. The molecule has 170 valence electrons. The molecule has 3 N–H and O–H groups in total. The molecule has 0 bridgehead atoms. The zero-order valence-electron chi connectivity index (χ0n) is 19.6. The molecular weight excluding hydrogens is 410 g/mol. The third-order valence-electron chi connectivity index (χ3n) is 4.83. The van der Waals surface area contributed by atoms with E-state index in [-0.39, 0.29) is 23.6 Å². The molecule has 0 radical (unpaired) electrons. The summed E-state index contributed by atoms with van der Waals surface area (Å²) in [6.07, 6.45) is 0. The van der Waals surface area contributed by atoms with E-state index in [1.165, 1.54) is 16.9 Å². The number of hydrogen-bond acceptors (Lipinski definition) is 6. The molecule has 0 fully saturated rings. The number of thiazole rings is 1. The van der Waals surface area contributed by atoms with E-state index >= 15 is 0 Å². The highest BCUT2D eigenvalue weighted by molar-refractivity contribution is 7.13. The van der Waals surface area contributed by atoms with Gasteiger partial charge in [-0.2, -0.15) is 0 Å². The minimum absolute atomic E-state index is 0.0996. The van der Waals surface area contributed by atoms with Crippen LogP contribution in [0.25, 0.3) is 0 Å². The molecule has 0 spiro atoms. The highest BCUT2D eigenvalue weighted by Gasteiger charge is 2.23. The van der Waals surface area contributed by atoms with Crippen molar-refractivity contribution in [2.45, 2.75) is 59.2 Å². The molecule has 2 atom stereocenters. The number of ether oxygens (including phenoxy) is 1. The van der Waals surface area contributed by atoms with E-state index < -0.39 is 0 Å². The van der Waals surface area contributed by atoms with Crippen LogP contribution in [0.3, 0.4) is 0 Å². The van der Waals surface area contributed by atoms with Crippen LogP contribution in [0.2, 0.25) is 0 Å². The van der Waals surface area contributed by atoms with Gasteiger partial charge in [-0.05, 0) is 47.1 Å². The maximum atomic E-state index is 12.1. The lowest BCUT2D eigenvalue weighted by atomic mass is 10.0. The van der Waals surface area contributed by atoms with Gasteiger partial charge in [0.05, 0.1) is 18.3 Å². The Hall–Kier alpha value is -2.45. The Labute approximate surface area is 189 Å². The predicted octanol–water partition coefficient (Wildman–Crippen LogP) is 3.98. The number of hydrogen-bond donors (Lipinski definition) is 3. The van der Waals surface area contributed by atoms with Crippen molar-refractivity contribution in [3.8, 4) is 0 Å². The van der Waals surface area contributed by atoms with Crippen LogP contribution in [0, 0.1) is 6.92 Å². The Kier molecular flexibility index (Phi) is 9.00. The lowest BCUT2D eigenvalue weighted by Crippen LogP contribution is -2.52. The Morgan fingerprint density at radius 3 is 2.52 bits per heavy atom. The van der Waals surface area contributed by atoms with Crippen molar-refractivity contribution in [2.75, 3.05) is 20.2 Å². The van der Waals surface area contributed by atoms with Crippen LogP contribution < -0.4 is 16.0 Å². The Balaban J connectivity index is 1.94. The summed E-state index contributed by atoms with van der Waals surface area (Å²) >= 11 is 1.35. The summed E-state index contributed by atoms with van der Waals surface area (Å²) in [4.78, 5) is 21.5. The number of aromatic nitrogens is 1. The lowest BCUT2D eigenvalue weighted by molar-refractivity contribution is 0.0531. The first-order valence-electron chi connectivity index (χ1n) is 10.6. The molecule has 1 aromatic heterocycles. The van der Waals surface area contributed by atoms with E-state index in [9.17, 15) is 4.79 Å². The van der Waals surface area contributed by atoms with Crippen LogP contribution in [-0.4, -0.2) is 42.7 Å². The van der Waals surface area contributed by atoms with Crippen LogP contribution in [0.1, 0.15) is 72.6 Å². The topological polar surface area (TPSA) is 87.6 Å². The maximum absolute atomic E-state index is 12.1. The zero-order valence-corrected chi connectivity index (χ0v) is 20.4. The van der Waals surface area contributed by atoms with Gasteiger partial charge in [0.25, 0.3) is 0 Å². The van der Waals surface area contributed by atoms with Gasteiger partial charge in [-0.1, -0.05) is 30.3 Å². The summed E-state index contributed by atoms with van der Waals surface area (Å²) in [5, 5.41) is 11.2. The van der Waals surface area contributed by atoms with Gasteiger partial charge in [-0.25, -0.2) is 9.78 Å². The number of carbonyl (C=O) groups excluding carboxylic acids is 1. The van der Waals surface area contributed by atoms with Crippen molar-refractivity contribution in [3.05, 3.63) is 51.5 Å². The number of aryl methyl sites for hydroxylation is 1. The maximum Gasteiger partial charge on any atom is 0.350 e.